The molecule has 0 saturated carbocycles. The summed E-state index contributed by atoms with van der Waals surface area (Å²) in [6.07, 6.45) is 0. The first-order valence-corrected chi connectivity index (χ1v) is 10.7. The van der Waals surface area contributed by atoms with E-state index in [1.807, 2.05) is 25.1 Å². The highest BCUT2D eigenvalue weighted by molar-refractivity contribution is 6.01. The van der Waals surface area contributed by atoms with E-state index in [0.717, 1.165) is 27.7 Å². The van der Waals surface area contributed by atoms with E-state index in [4.69, 9.17) is 4.74 Å². The lowest BCUT2D eigenvalue weighted by atomic mass is 9.76. The normalized spacial score (nSPS) is 23.3. The summed E-state index contributed by atoms with van der Waals surface area (Å²) >= 11 is 0. The van der Waals surface area contributed by atoms with Gasteiger partial charge in [-0.3, -0.25) is 9.59 Å². The van der Waals surface area contributed by atoms with Crippen LogP contribution in [-0.2, 0) is 19.9 Å². The zero-order valence-corrected chi connectivity index (χ0v) is 18.1. The van der Waals surface area contributed by atoms with Crippen LogP contribution in [0.5, 0.6) is 0 Å². The summed E-state index contributed by atoms with van der Waals surface area (Å²) in [5.74, 6) is -0.0824. The summed E-state index contributed by atoms with van der Waals surface area (Å²) in [5.41, 5.74) is 4.22. The van der Waals surface area contributed by atoms with E-state index < -0.39 is 5.54 Å². The smallest absolute Gasteiger partial charge is 0.255 e. The number of para-hydroxylation sites is 1. The molecular formula is C25H27N3O3. The SMILES string of the molecule is COCCN1CC(=O)N2C[C@H](c3ccc(C)cc3)c3c([nH]c4ccccc34)[C@]2(C)C1=O. The van der Waals surface area contributed by atoms with Gasteiger partial charge in [0.1, 0.15) is 0 Å². The van der Waals surface area contributed by atoms with Crippen molar-refractivity contribution < 1.29 is 14.3 Å². The molecule has 2 aliphatic rings. The molecule has 0 spiro atoms. The first-order chi connectivity index (χ1) is 14.9. The number of amides is 2. The molecular weight excluding hydrogens is 390 g/mol. The molecule has 3 heterocycles. The number of H-pyrrole nitrogens is 1. The van der Waals surface area contributed by atoms with Gasteiger partial charge in [-0.25, -0.2) is 0 Å². The van der Waals surface area contributed by atoms with E-state index in [1.54, 1.807) is 16.9 Å². The number of ether oxygens (including phenoxy) is 1. The average molecular weight is 418 g/mol. The molecule has 0 bridgehead atoms. The maximum Gasteiger partial charge on any atom is 0.255 e. The van der Waals surface area contributed by atoms with Gasteiger partial charge in [-0.2, -0.15) is 0 Å². The zero-order valence-electron chi connectivity index (χ0n) is 18.1. The molecule has 6 nitrogen and oxygen atoms in total. The molecule has 0 aliphatic carbocycles. The van der Waals surface area contributed by atoms with Gasteiger partial charge < -0.3 is 19.5 Å². The number of benzene rings is 2. The summed E-state index contributed by atoms with van der Waals surface area (Å²) in [4.78, 5) is 33.9. The average Bonchev–Trinajstić information content (AvgIpc) is 3.17. The van der Waals surface area contributed by atoms with Gasteiger partial charge >= 0.3 is 0 Å². The number of carbonyl (C=O) groups is 2. The van der Waals surface area contributed by atoms with Crippen LogP contribution < -0.4 is 0 Å². The number of piperazine rings is 1. The summed E-state index contributed by atoms with van der Waals surface area (Å²) in [7, 11) is 1.60. The molecule has 160 valence electrons. The number of fused-ring (bicyclic) bond motifs is 5. The Morgan fingerprint density at radius 2 is 1.87 bits per heavy atom. The van der Waals surface area contributed by atoms with Crippen molar-refractivity contribution >= 4 is 22.7 Å². The van der Waals surface area contributed by atoms with Gasteiger partial charge in [0.25, 0.3) is 5.91 Å². The standard InChI is InChI=1S/C25H27N3O3/c1-16-8-10-17(11-9-16)19-14-28-21(29)15-27(12-13-31-3)24(30)25(28,2)23-22(19)18-6-4-5-7-20(18)26-23/h4-11,19,26H,12-15H2,1-3H3/t19-,25-/m1/s1. The quantitative estimate of drug-likeness (QED) is 0.709. The molecule has 2 amide bonds. The lowest BCUT2D eigenvalue weighted by Crippen LogP contribution is -2.67. The Morgan fingerprint density at radius 3 is 2.61 bits per heavy atom. The van der Waals surface area contributed by atoms with Crippen molar-refractivity contribution in [2.24, 2.45) is 0 Å². The number of aromatic amines is 1. The van der Waals surface area contributed by atoms with Crippen LogP contribution in [0.15, 0.2) is 48.5 Å². The summed E-state index contributed by atoms with van der Waals surface area (Å²) < 4.78 is 5.17. The van der Waals surface area contributed by atoms with Gasteiger partial charge in [0.05, 0.1) is 18.8 Å². The van der Waals surface area contributed by atoms with Gasteiger partial charge in [0, 0.05) is 37.0 Å². The monoisotopic (exact) mass is 417 g/mol. The highest BCUT2D eigenvalue weighted by atomic mass is 16.5. The second-order valence-corrected chi connectivity index (χ2v) is 8.72. The second kappa shape index (κ2) is 7.24. The third-order valence-electron chi connectivity index (χ3n) is 6.86. The molecule has 1 N–H and O–H groups in total. The fourth-order valence-electron chi connectivity index (χ4n) is 5.16. The number of aryl methyl sites for hydroxylation is 1. The van der Waals surface area contributed by atoms with Crippen LogP contribution in [0.2, 0.25) is 0 Å². The van der Waals surface area contributed by atoms with Crippen LogP contribution in [0, 0.1) is 6.92 Å². The van der Waals surface area contributed by atoms with Crippen molar-refractivity contribution in [2.45, 2.75) is 25.3 Å². The second-order valence-electron chi connectivity index (χ2n) is 8.72. The molecule has 1 saturated heterocycles. The predicted octanol–water partition coefficient (Wildman–Crippen LogP) is 3.15. The number of hydrogen-bond acceptors (Lipinski definition) is 3. The Morgan fingerprint density at radius 1 is 1.13 bits per heavy atom. The first kappa shape index (κ1) is 19.8. The van der Waals surface area contributed by atoms with Crippen LogP contribution in [0.1, 0.15) is 35.2 Å². The summed E-state index contributed by atoms with van der Waals surface area (Å²) in [5, 5.41) is 1.11. The topological polar surface area (TPSA) is 65.6 Å². The van der Waals surface area contributed by atoms with Crippen LogP contribution in [0.4, 0.5) is 0 Å². The van der Waals surface area contributed by atoms with Crippen molar-refractivity contribution in [3.8, 4) is 0 Å². The molecule has 0 radical (unpaired) electrons. The minimum atomic E-state index is -1.06. The number of carbonyl (C=O) groups excluding carboxylic acids is 2. The molecule has 31 heavy (non-hydrogen) atoms. The molecule has 1 fully saturated rings. The highest BCUT2D eigenvalue weighted by Gasteiger charge is 2.56. The Hall–Kier alpha value is -3.12. The number of nitrogens with zero attached hydrogens (tertiary/aromatic N) is 2. The predicted molar refractivity (Wildman–Crippen MR) is 119 cm³/mol. The molecule has 2 atom stereocenters. The maximum atomic E-state index is 13.7. The summed E-state index contributed by atoms with van der Waals surface area (Å²) in [6, 6.07) is 16.6. The number of methoxy groups -OCH3 is 1. The van der Waals surface area contributed by atoms with Crippen molar-refractivity contribution in [3.05, 3.63) is 70.9 Å². The van der Waals surface area contributed by atoms with Crippen molar-refractivity contribution in [1.82, 2.24) is 14.8 Å². The van der Waals surface area contributed by atoms with Gasteiger partial charge in [-0.05, 0) is 31.0 Å². The Balaban J connectivity index is 1.72. The molecule has 0 unspecified atom stereocenters. The third kappa shape index (κ3) is 2.89. The van der Waals surface area contributed by atoms with E-state index in [1.165, 1.54) is 5.56 Å². The lowest BCUT2D eigenvalue weighted by molar-refractivity contribution is -0.166. The zero-order chi connectivity index (χ0) is 21.8. The number of nitrogens with one attached hydrogen (secondary N) is 1. The molecule has 5 rings (SSSR count). The van der Waals surface area contributed by atoms with Crippen LogP contribution in [0.25, 0.3) is 10.9 Å². The highest BCUT2D eigenvalue weighted by Crippen LogP contribution is 2.48. The number of hydrogen-bond donors (Lipinski definition) is 1. The fourth-order valence-corrected chi connectivity index (χ4v) is 5.16. The largest absolute Gasteiger partial charge is 0.383 e. The molecule has 2 aliphatic heterocycles. The summed E-state index contributed by atoms with van der Waals surface area (Å²) in [6.45, 7) is 5.33. The van der Waals surface area contributed by atoms with Gasteiger partial charge in [0.15, 0.2) is 5.54 Å². The molecule has 6 heteroatoms. The third-order valence-corrected chi connectivity index (χ3v) is 6.86. The van der Waals surface area contributed by atoms with Gasteiger partial charge in [-0.1, -0.05) is 48.0 Å². The number of rotatable bonds is 4. The molecule has 3 aromatic rings. The van der Waals surface area contributed by atoms with Crippen LogP contribution in [0.3, 0.4) is 0 Å². The van der Waals surface area contributed by atoms with E-state index >= 15 is 0 Å². The van der Waals surface area contributed by atoms with Crippen LogP contribution in [-0.4, -0.2) is 59.9 Å². The van der Waals surface area contributed by atoms with Crippen molar-refractivity contribution in [1.29, 1.82) is 0 Å². The van der Waals surface area contributed by atoms with E-state index in [2.05, 4.69) is 42.2 Å². The molecule has 2 aromatic carbocycles. The van der Waals surface area contributed by atoms with Gasteiger partial charge in [-0.15, -0.1) is 0 Å². The first-order valence-electron chi connectivity index (χ1n) is 10.7. The van der Waals surface area contributed by atoms with Crippen molar-refractivity contribution in [3.63, 3.8) is 0 Å². The van der Waals surface area contributed by atoms with Gasteiger partial charge in [0.2, 0.25) is 5.91 Å². The van der Waals surface area contributed by atoms with E-state index in [9.17, 15) is 9.59 Å². The van der Waals surface area contributed by atoms with E-state index in [0.29, 0.717) is 19.7 Å². The minimum absolute atomic E-state index is 0.00194. The Kier molecular flexibility index (Phi) is 4.63. The molecule has 1 aromatic heterocycles. The maximum absolute atomic E-state index is 13.7. The van der Waals surface area contributed by atoms with E-state index in [-0.39, 0.29) is 24.3 Å². The number of aromatic nitrogens is 1. The Bertz CT molecular complexity index is 1170. The Labute approximate surface area is 181 Å². The fraction of sp³-hybridized carbons (Fsp3) is 0.360. The lowest BCUT2D eigenvalue weighted by Gasteiger charge is -2.51. The van der Waals surface area contributed by atoms with Crippen LogP contribution >= 0.6 is 0 Å². The minimum Gasteiger partial charge on any atom is -0.383 e. The van der Waals surface area contributed by atoms with Crippen molar-refractivity contribution in [2.75, 3.05) is 33.4 Å².